The molecule has 0 saturated heterocycles. The molecule has 3 rings (SSSR count). The van der Waals surface area contributed by atoms with E-state index in [-0.39, 0.29) is 0 Å². The third kappa shape index (κ3) is 1.41. The van der Waals surface area contributed by atoms with E-state index in [9.17, 15) is 0 Å². The second-order valence-electron chi connectivity index (χ2n) is 3.37. The van der Waals surface area contributed by atoms with E-state index >= 15 is 0 Å². The van der Waals surface area contributed by atoms with Crippen molar-refractivity contribution in [1.29, 1.82) is 0 Å². The van der Waals surface area contributed by atoms with Crippen LogP contribution in [0.1, 0.15) is 4.88 Å². The molecule has 0 spiro atoms. The van der Waals surface area contributed by atoms with Gasteiger partial charge in [0.15, 0.2) is 10.9 Å². The first-order valence-corrected chi connectivity index (χ1v) is 5.91. The number of nitrogens with two attached hydrogens (primary N) is 1. The van der Waals surface area contributed by atoms with Gasteiger partial charge in [-0.15, -0.1) is 11.3 Å². The van der Waals surface area contributed by atoms with E-state index in [0.717, 1.165) is 30.0 Å². The third-order valence-corrected chi connectivity index (χ3v) is 3.55. The first-order valence-electron chi connectivity index (χ1n) is 4.58. The molecule has 0 aliphatic carbocycles. The lowest BCUT2D eigenvalue weighted by molar-refractivity contribution is 0.978. The molecule has 0 radical (unpaired) electrons. The summed E-state index contributed by atoms with van der Waals surface area (Å²) in [6, 6.07) is 0. The topological polar surface area (TPSA) is 68.8 Å². The standard InChI is InChI=1S/C8H10N5PS/c9-8-11-6-4-3-13(14)12-7(4)10-2-1-5(6)15-8/h3H,1-2,14H2,(H2,9,11)(H,10,12). The van der Waals surface area contributed by atoms with E-state index in [1.165, 1.54) is 4.88 Å². The zero-order chi connectivity index (χ0) is 10.4. The molecule has 0 fully saturated rings. The fourth-order valence-corrected chi connectivity index (χ4v) is 2.85. The van der Waals surface area contributed by atoms with Crippen molar-refractivity contribution in [3.63, 3.8) is 0 Å². The number of thiazole rings is 1. The van der Waals surface area contributed by atoms with Crippen molar-refractivity contribution < 1.29 is 0 Å². The van der Waals surface area contributed by atoms with Crippen LogP contribution in [0.2, 0.25) is 0 Å². The van der Waals surface area contributed by atoms with Gasteiger partial charge in [0.1, 0.15) is 0 Å². The minimum absolute atomic E-state index is 0.629. The Kier molecular flexibility index (Phi) is 1.94. The number of nitrogens with one attached hydrogen (secondary N) is 1. The molecule has 5 nitrogen and oxygen atoms in total. The molecule has 1 aliphatic rings. The van der Waals surface area contributed by atoms with Crippen LogP contribution in [0, 0.1) is 0 Å². The molecule has 0 bridgehead atoms. The van der Waals surface area contributed by atoms with Gasteiger partial charge in [0, 0.05) is 24.0 Å². The fraction of sp³-hybridized carbons (Fsp3) is 0.250. The number of aromatic nitrogens is 3. The molecule has 3 N–H and O–H groups in total. The van der Waals surface area contributed by atoms with Gasteiger partial charge in [0.2, 0.25) is 0 Å². The highest BCUT2D eigenvalue weighted by Crippen LogP contribution is 2.36. The molecule has 78 valence electrons. The maximum absolute atomic E-state index is 5.73. The van der Waals surface area contributed by atoms with Crippen LogP contribution in [-0.4, -0.2) is 21.1 Å². The van der Waals surface area contributed by atoms with Gasteiger partial charge in [0.25, 0.3) is 0 Å². The highest BCUT2D eigenvalue weighted by molar-refractivity contribution is 7.15. The molecule has 3 heterocycles. The van der Waals surface area contributed by atoms with Crippen LogP contribution in [0.5, 0.6) is 0 Å². The van der Waals surface area contributed by atoms with Gasteiger partial charge in [-0.05, 0) is 9.39 Å². The summed E-state index contributed by atoms with van der Waals surface area (Å²) < 4.78 is 1.71. The minimum Gasteiger partial charge on any atom is -0.375 e. The molecule has 7 heteroatoms. The van der Waals surface area contributed by atoms with Crippen molar-refractivity contribution in [2.75, 3.05) is 17.6 Å². The van der Waals surface area contributed by atoms with Crippen molar-refractivity contribution in [2.45, 2.75) is 6.42 Å². The van der Waals surface area contributed by atoms with Crippen LogP contribution in [0.3, 0.4) is 0 Å². The van der Waals surface area contributed by atoms with Gasteiger partial charge in [-0.25, -0.2) is 4.98 Å². The molecule has 2 aromatic rings. The summed E-state index contributed by atoms with van der Waals surface area (Å²) >= 11 is 1.56. The average molecular weight is 239 g/mol. The number of fused-ring (bicyclic) bond motifs is 3. The molecule has 1 aliphatic heterocycles. The Hall–Kier alpha value is -1.13. The fourth-order valence-electron chi connectivity index (χ4n) is 1.74. The van der Waals surface area contributed by atoms with Crippen LogP contribution < -0.4 is 11.1 Å². The van der Waals surface area contributed by atoms with E-state index in [2.05, 4.69) is 24.8 Å². The molecule has 0 saturated carbocycles. The van der Waals surface area contributed by atoms with Crippen LogP contribution in [0.15, 0.2) is 6.20 Å². The van der Waals surface area contributed by atoms with Gasteiger partial charge < -0.3 is 11.1 Å². The second kappa shape index (κ2) is 3.18. The lowest BCUT2D eigenvalue weighted by Crippen LogP contribution is -2.02. The number of hydrogen-bond acceptors (Lipinski definition) is 5. The van der Waals surface area contributed by atoms with E-state index in [0.29, 0.717) is 5.13 Å². The summed E-state index contributed by atoms with van der Waals surface area (Å²) in [7, 11) is 2.52. The van der Waals surface area contributed by atoms with E-state index in [1.807, 2.05) is 6.20 Å². The Bertz CT molecular complexity index is 471. The predicted molar refractivity (Wildman–Crippen MR) is 65.0 cm³/mol. The van der Waals surface area contributed by atoms with Crippen molar-refractivity contribution >= 4 is 31.7 Å². The van der Waals surface area contributed by atoms with Crippen LogP contribution in [-0.2, 0) is 6.42 Å². The zero-order valence-electron chi connectivity index (χ0n) is 7.90. The number of nitrogen functional groups attached to an aromatic ring is 1. The molecule has 1 unspecified atom stereocenters. The van der Waals surface area contributed by atoms with E-state index < -0.39 is 0 Å². The lowest BCUT2D eigenvalue weighted by atomic mass is 10.2. The Morgan fingerprint density at radius 2 is 2.47 bits per heavy atom. The second-order valence-corrected chi connectivity index (χ2v) is 5.02. The quantitative estimate of drug-likeness (QED) is 0.678. The van der Waals surface area contributed by atoms with Crippen LogP contribution in [0.25, 0.3) is 11.3 Å². The van der Waals surface area contributed by atoms with Crippen molar-refractivity contribution in [1.82, 2.24) is 14.5 Å². The largest absolute Gasteiger partial charge is 0.375 e. The Balaban J connectivity index is 2.25. The minimum atomic E-state index is 0.629. The van der Waals surface area contributed by atoms with Crippen LogP contribution >= 0.6 is 20.7 Å². The molecule has 1 atom stereocenters. The molecule has 2 aromatic heterocycles. The highest BCUT2D eigenvalue weighted by Gasteiger charge is 2.20. The number of anilines is 2. The van der Waals surface area contributed by atoms with Crippen molar-refractivity contribution in [3.8, 4) is 11.3 Å². The number of hydrogen-bond donors (Lipinski definition) is 2. The Labute approximate surface area is 93.0 Å². The smallest absolute Gasteiger partial charge is 0.180 e. The van der Waals surface area contributed by atoms with Crippen molar-refractivity contribution in [2.24, 2.45) is 0 Å². The van der Waals surface area contributed by atoms with Crippen molar-refractivity contribution in [3.05, 3.63) is 11.1 Å². The zero-order valence-corrected chi connectivity index (χ0v) is 9.87. The number of rotatable bonds is 0. The lowest BCUT2D eigenvalue weighted by Gasteiger charge is -1.97. The molecular weight excluding hydrogens is 229 g/mol. The Morgan fingerprint density at radius 1 is 1.60 bits per heavy atom. The normalized spacial score (nSPS) is 13.9. The molecule has 15 heavy (non-hydrogen) atoms. The maximum atomic E-state index is 5.73. The van der Waals surface area contributed by atoms with Gasteiger partial charge >= 0.3 is 0 Å². The van der Waals surface area contributed by atoms with Gasteiger partial charge in [-0.3, -0.25) is 4.45 Å². The summed E-state index contributed by atoms with van der Waals surface area (Å²) in [5.74, 6) is 0.883. The van der Waals surface area contributed by atoms with E-state index in [4.69, 9.17) is 5.73 Å². The monoisotopic (exact) mass is 239 g/mol. The molecule has 0 aromatic carbocycles. The van der Waals surface area contributed by atoms with E-state index in [1.54, 1.807) is 15.8 Å². The molecule has 0 amide bonds. The first-order chi connectivity index (χ1) is 7.24. The summed E-state index contributed by atoms with van der Waals surface area (Å²) in [5.41, 5.74) is 7.74. The summed E-state index contributed by atoms with van der Waals surface area (Å²) in [5, 5.41) is 8.22. The highest BCUT2D eigenvalue weighted by atomic mass is 32.1. The number of nitrogens with zero attached hydrogens (tertiary/aromatic N) is 3. The predicted octanol–water partition coefficient (Wildman–Crippen LogP) is 1.19. The van der Waals surface area contributed by atoms with Gasteiger partial charge in [0.05, 0.1) is 11.3 Å². The first kappa shape index (κ1) is 9.12. The third-order valence-electron chi connectivity index (χ3n) is 2.35. The Morgan fingerprint density at radius 3 is 3.33 bits per heavy atom. The summed E-state index contributed by atoms with van der Waals surface area (Å²) in [4.78, 5) is 5.59. The van der Waals surface area contributed by atoms with Gasteiger partial charge in [-0.2, -0.15) is 5.10 Å². The average Bonchev–Trinajstić information content (AvgIpc) is 2.67. The van der Waals surface area contributed by atoms with Gasteiger partial charge in [-0.1, -0.05) is 0 Å². The molecular formula is C8H10N5PS. The summed E-state index contributed by atoms with van der Waals surface area (Å²) in [6.45, 7) is 0.878. The summed E-state index contributed by atoms with van der Waals surface area (Å²) in [6.07, 6.45) is 2.90. The van der Waals surface area contributed by atoms with Crippen LogP contribution in [0.4, 0.5) is 10.9 Å². The maximum Gasteiger partial charge on any atom is 0.180 e. The SMILES string of the molecule is Nc1nc2c(s1)CCNc1nn(P)cc1-2.